The van der Waals surface area contributed by atoms with Gasteiger partial charge in [0.2, 0.25) is 11.8 Å². The number of pyridine rings is 1. The van der Waals surface area contributed by atoms with Crippen molar-refractivity contribution in [1.29, 1.82) is 0 Å². The highest BCUT2D eigenvalue weighted by Gasteiger charge is 2.38. The van der Waals surface area contributed by atoms with E-state index < -0.39 is 6.29 Å². The third-order valence-electron chi connectivity index (χ3n) is 9.45. The van der Waals surface area contributed by atoms with Crippen molar-refractivity contribution in [3.63, 3.8) is 0 Å². The van der Waals surface area contributed by atoms with Crippen LogP contribution < -0.4 is 10.6 Å². The van der Waals surface area contributed by atoms with Gasteiger partial charge in [-0.2, -0.15) is 0 Å². The molecule has 1 aliphatic heterocycles. The average molecular weight is 693 g/mol. The SMILES string of the molecule is CC(=O)NCCCCCC(=O)NCc1cccc(-c2cccc([C@@H]3O[C@H](CN(C)CCc4ccccn4)[C@H](C)[C@H](c4ccc(CO)cc4)O3)c2)c1. The van der Waals surface area contributed by atoms with E-state index in [9.17, 15) is 14.7 Å². The Morgan fingerprint density at radius 2 is 1.63 bits per heavy atom. The number of unbranched alkanes of at least 4 members (excludes halogenated alkanes) is 2. The topological polar surface area (TPSA) is 113 Å². The molecule has 2 amide bonds. The van der Waals surface area contributed by atoms with Crippen LogP contribution in [0.5, 0.6) is 0 Å². The molecule has 4 aromatic rings. The zero-order valence-corrected chi connectivity index (χ0v) is 30.1. The van der Waals surface area contributed by atoms with Crippen LogP contribution in [0, 0.1) is 5.92 Å². The molecule has 5 rings (SSSR count). The van der Waals surface area contributed by atoms with Gasteiger partial charge in [0.1, 0.15) is 0 Å². The second-order valence-corrected chi connectivity index (χ2v) is 13.6. The predicted molar refractivity (Wildman–Crippen MR) is 199 cm³/mol. The van der Waals surface area contributed by atoms with Crippen molar-refractivity contribution in [2.24, 2.45) is 5.92 Å². The van der Waals surface area contributed by atoms with Crippen molar-refractivity contribution in [2.75, 3.05) is 26.7 Å². The van der Waals surface area contributed by atoms with Crippen LogP contribution in [0.2, 0.25) is 0 Å². The van der Waals surface area contributed by atoms with Gasteiger partial charge >= 0.3 is 0 Å². The van der Waals surface area contributed by atoms with Crippen LogP contribution in [0.1, 0.15) is 79.9 Å². The second kappa shape index (κ2) is 19.3. The van der Waals surface area contributed by atoms with Crippen LogP contribution in [0.4, 0.5) is 0 Å². The quantitative estimate of drug-likeness (QED) is 0.108. The lowest BCUT2D eigenvalue weighted by molar-refractivity contribution is -0.275. The van der Waals surface area contributed by atoms with Crippen molar-refractivity contribution in [3.8, 4) is 11.1 Å². The van der Waals surface area contributed by atoms with E-state index in [1.807, 2.05) is 60.8 Å². The number of aliphatic hydroxyl groups excluding tert-OH is 1. The summed E-state index contributed by atoms with van der Waals surface area (Å²) in [5.41, 5.74) is 7.05. The number of amides is 2. The molecule has 0 unspecified atom stereocenters. The Hall–Kier alpha value is -4.41. The first-order valence-electron chi connectivity index (χ1n) is 18.1. The molecule has 1 aliphatic rings. The van der Waals surface area contributed by atoms with Crippen molar-refractivity contribution in [2.45, 2.75) is 77.6 Å². The first-order valence-corrected chi connectivity index (χ1v) is 18.1. The molecule has 4 atom stereocenters. The Kier molecular flexibility index (Phi) is 14.3. The van der Waals surface area contributed by atoms with Gasteiger partial charge in [0.15, 0.2) is 6.29 Å². The lowest BCUT2D eigenvalue weighted by atomic mass is 9.90. The zero-order valence-electron chi connectivity index (χ0n) is 30.1. The molecule has 1 aromatic heterocycles. The van der Waals surface area contributed by atoms with E-state index in [-0.39, 0.29) is 36.5 Å². The lowest BCUT2D eigenvalue weighted by Gasteiger charge is -2.42. The Morgan fingerprint density at radius 1 is 0.843 bits per heavy atom. The molecule has 0 radical (unpaired) electrons. The number of aliphatic hydroxyl groups is 1. The number of carbonyl (C=O) groups is 2. The number of hydrogen-bond donors (Lipinski definition) is 3. The van der Waals surface area contributed by atoms with Gasteiger partial charge in [-0.3, -0.25) is 14.6 Å². The molecule has 9 nitrogen and oxygen atoms in total. The first kappa shape index (κ1) is 37.8. The summed E-state index contributed by atoms with van der Waals surface area (Å²) in [6.45, 7) is 6.40. The third-order valence-corrected chi connectivity index (χ3v) is 9.45. The maximum absolute atomic E-state index is 12.5. The molecule has 1 fully saturated rings. The average Bonchev–Trinajstić information content (AvgIpc) is 3.16. The van der Waals surface area contributed by atoms with Gasteiger partial charge in [-0.25, -0.2) is 0 Å². The molecule has 0 bridgehead atoms. The third kappa shape index (κ3) is 11.6. The highest BCUT2D eigenvalue weighted by Crippen LogP contribution is 2.42. The van der Waals surface area contributed by atoms with Gasteiger partial charge in [0.25, 0.3) is 0 Å². The standard InChI is InChI=1S/C42H52N4O5/c1-30-39(28-46(3)24-21-38-15-6-8-23-44-38)50-42(51-41(30)34-19-17-32(29-47)18-20-34)37-14-10-13-36(26-37)35-12-9-11-33(25-35)27-45-40(49)16-5-4-7-22-43-31(2)48/h6,8-15,17-20,23,25-26,30,39,41-42,47H,4-5,7,16,21-22,24,27-29H2,1-3H3,(H,43,48)(H,45,49)/t30-,39+,41+,42+/m0/s1. The van der Waals surface area contributed by atoms with E-state index in [2.05, 4.69) is 70.9 Å². The van der Waals surface area contributed by atoms with Gasteiger partial charge in [-0.05, 0) is 72.0 Å². The van der Waals surface area contributed by atoms with E-state index >= 15 is 0 Å². The summed E-state index contributed by atoms with van der Waals surface area (Å²) in [6.07, 6.45) is 4.86. The zero-order chi connectivity index (χ0) is 36.0. The Labute approximate surface area is 302 Å². The van der Waals surface area contributed by atoms with Gasteiger partial charge in [0, 0.05) is 69.3 Å². The van der Waals surface area contributed by atoms with Crippen molar-refractivity contribution in [3.05, 3.63) is 125 Å². The smallest absolute Gasteiger partial charge is 0.220 e. The molecule has 51 heavy (non-hydrogen) atoms. The number of ether oxygens (including phenoxy) is 2. The lowest BCUT2D eigenvalue weighted by Crippen LogP contribution is -2.43. The van der Waals surface area contributed by atoms with Gasteiger partial charge in [0.05, 0.1) is 18.8 Å². The molecule has 0 spiro atoms. The number of rotatable bonds is 17. The minimum absolute atomic E-state index is 0.000721. The Morgan fingerprint density at radius 3 is 2.37 bits per heavy atom. The molecule has 1 saturated heterocycles. The summed E-state index contributed by atoms with van der Waals surface area (Å²) in [6, 6.07) is 30.6. The van der Waals surface area contributed by atoms with Crippen molar-refractivity contribution >= 4 is 11.8 Å². The number of carbonyl (C=O) groups excluding carboxylic acids is 2. The highest BCUT2D eigenvalue weighted by atomic mass is 16.7. The van der Waals surface area contributed by atoms with Gasteiger partial charge in [-0.1, -0.05) is 80.1 Å². The summed E-state index contributed by atoms with van der Waals surface area (Å²) in [7, 11) is 2.13. The molecule has 3 N–H and O–H groups in total. The molecule has 270 valence electrons. The monoisotopic (exact) mass is 692 g/mol. The van der Waals surface area contributed by atoms with Crippen LogP contribution in [0.25, 0.3) is 11.1 Å². The van der Waals surface area contributed by atoms with Crippen molar-refractivity contribution in [1.82, 2.24) is 20.5 Å². The van der Waals surface area contributed by atoms with Gasteiger partial charge in [-0.15, -0.1) is 0 Å². The van der Waals surface area contributed by atoms with Crippen LogP contribution in [0.3, 0.4) is 0 Å². The summed E-state index contributed by atoms with van der Waals surface area (Å²) >= 11 is 0. The first-order chi connectivity index (χ1) is 24.8. The fraction of sp³-hybridized carbons (Fsp3) is 0.405. The summed E-state index contributed by atoms with van der Waals surface area (Å²) < 4.78 is 13.5. The molecule has 0 aliphatic carbocycles. The predicted octanol–water partition coefficient (Wildman–Crippen LogP) is 6.52. The van der Waals surface area contributed by atoms with Crippen LogP contribution in [0.15, 0.2) is 97.2 Å². The van der Waals surface area contributed by atoms with Crippen LogP contribution >= 0.6 is 0 Å². The van der Waals surface area contributed by atoms with Crippen molar-refractivity contribution < 1.29 is 24.2 Å². The molecular formula is C42H52N4O5. The molecule has 3 aromatic carbocycles. The normalized spacial score (nSPS) is 18.8. The summed E-state index contributed by atoms with van der Waals surface area (Å²) in [4.78, 5) is 30.3. The molecular weight excluding hydrogens is 640 g/mol. The Balaban J connectivity index is 1.25. The largest absolute Gasteiger partial charge is 0.392 e. The second-order valence-electron chi connectivity index (χ2n) is 13.6. The number of benzene rings is 3. The fourth-order valence-corrected chi connectivity index (χ4v) is 6.44. The number of aromatic nitrogens is 1. The maximum Gasteiger partial charge on any atom is 0.220 e. The van der Waals surface area contributed by atoms with Crippen LogP contribution in [-0.4, -0.2) is 59.6 Å². The molecule has 0 saturated carbocycles. The number of nitrogens with zero attached hydrogens (tertiary/aromatic N) is 2. The summed E-state index contributed by atoms with van der Waals surface area (Å²) in [5.74, 6) is 0.0837. The fourth-order valence-electron chi connectivity index (χ4n) is 6.44. The van der Waals surface area contributed by atoms with E-state index in [0.717, 1.165) is 77.8 Å². The highest BCUT2D eigenvalue weighted by molar-refractivity contribution is 5.76. The van der Waals surface area contributed by atoms with E-state index in [1.165, 1.54) is 6.92 Å². The van der Waals surface area contributed by atoms with E-state index in [1.54, 1.807) is 0 Å². The number of likely N-dealkylation sites (N-methyl/N-ethyl adjacent to an activating group) is 1. The Bertz CT molecular complexity index is 1680. The van der Waals surface area contributed by atoms with Gasteiger partial charge < -0.3 is 30.1 Å². The maximum atomic E-state index is 12.5. The van der Waals surface area contributed by atoms with E-state index in [0.29, 0.717) is 19.5 Å². The molecule has 9 heteroatoms. The minimum atomic E-state index is -0.571. The summed E-state index contributed by atoms with van der Waals surface area (Å²) in [5, 5.41) is 15.5. The number of hydrogen-bond acceptors (Lipinski definition) is 7. The van der Waals surface area contributed by atoms with E-state index in [4.69, 9.17) is 9.47 Å². The molecule has 2 heterocycles. The minimum Gasteiger partial charge on any atom is -0.392 e. The number of nitrogens with one attached hydrogen (secondary N) is 2. The van der Waals surface area contributed by atoms with Crippen LogP contribution in [-0.2, 0) is 38.6 Å².